The molecule has 0 spiro atoms. The zero-order valence-corrected chi connectivity index (χ0v) is 13.9. The quantitative estimate of drug-likeness (QED) is 0.864. The molecule has 2 heterocycles. The number of ether oxygens (including phenoxy) is 2. The first-order valence-corrected chi connectivity index (χ1v) is 9.31. The topological polar surface area (TPSA) is 53.5 Å². The van der Waals surface area contributed by atoms with E-state index in [2.05, 4.69) is 5.32 Å². The molecule has 126 valence electrons. The fourth-order valence-corrected chi connectivity index (χ4v) is 3.95. The van der Waals surface area contributed by atoms with Crippen molar-refractivity contribution in [2.24, 2.45) is 5.92 Å². The van der Waals surface area contributed by atoms with Gasteiger partial charge >= 0.3 is 0 Å². The molecule has 1 fully saturated rings. The van der Waals surface area contributed by atoms with Crippen molar-refractivity contribution in [2.75, 3.05) is 25.6 Å². The first kappa shape index (κ1) is 15.7. The summed E-state index contributed by atoms with van der Waals surface area (Å²) in [6.45, 7) is 2.46. The summed E-state index contributed by atoms with van der Waals surface area (Å²) in [5.41, 5.74) is 1.57. The molecule has 2 aliphatic heterocycles. The Balaban J connectivity index is 1.51. The summed E-state index contributed by atoms with van der Waals surface area (Å²) in [7, 11) is 0. The number of hydrogen-bond acceptors (Lipinski definition) is 4. The van der Waals surface area contributed by atoms with Crippen molar-refractivity contribution >= 4 is 11.2 Å². The Morgan fingerprint density at radius 1 is 1.25 bits per heavy atom. The van der Waals surface area contributed by atoms with E-state index in [9.17, 15) is 8.94 Å². The van der Waals surface area contributed by atoms with Crippen LogP contribution in [0.3, 0.4) is 0 Å². The van der Waals surface area contributed by atoms with Gasteiger partial charge < -0.3 is 19.3 Å². The second-order valence-corrected chi connectivity index (χ2v) is 7.45. The van der Waals surface area contributed by atoms with Crippen LogP contribution in [0.5, 0.6) is 11.5 Å². The summed E-state index contributed by atoms with van der Waals surface area (Å²) in [6.07, 6.45) is 1.07. The lowest BCUT2D eigenvalue weighted by Gasteiger charge is -2.12. The number of halogens is 1. The number of rotatable bonds is 4. The highest BCUT2D eigenvalue weighted by atomic mass is 32.2. The molecule has 2 aromatic carbocycles. The first-order chi connectivity index (χ1) is 11.7. The third-order valence-corrected chi connectivity index (χ3v) is 5.57. The second kappa shape index (κ2) is 6.63. The smallest absolute Gasteiger partial charge is 0.250 e. The molecule has 0 radical (unpaired) electrons. The zero-order valence-electron chi connectivity index (χ0n) is 13.1. The Hall–Kier alpha value is -1.76. The van der Waals surface area contributed by atoms with E-state index < -0.39 is 11.2 Å². The van der Waals surface area contributed by atoms with E-state index in [1.807, 2.05) is 12.1 Å². The molecule has 2 unspecified atom stereocenters. The maximum absolute atomic E-state index is 14.3. The normalized spacial score (nSPS) is 22.2. The largest absolute Gasteiger partial charge is 0.609 e. The molecule has 6 heteroatoms. The van der Waals surface area contributed by atoms with Crippen LogP contribution in [0.25, 0.3) is 11.1 Å². The Bertz CT molecular complexity index is 749. The zero-order chi connectivity index (χ0) is 16.5. The lowest BCUT2D eigenvalue weighted by Crippen LogP contribution is -2.15. The molecule has 24 heavy (non-hydrogen) atoms. The molecule has 0 aromatic heterocycles. The van der Waals surface area contributed by atoms with Gasteiger partial charge in [-0.3, -0.25) is 0 Å². The summed E-state index contributed by atoms with van der Waals surface area (Å²) in [6, 6.07) is 10.4. The van der Waals surface area contributed by atoms with Crippen LogP contribution >= 0.6 is 0 Å². The number of nitrogens with one attached hydrogen (secondary N) is 1. The number of hydrogen-bond donors (Lipinski definition) is 1. The van der Waals surface area contributed by atoms with Gasteiger partial charge in [0, 0.05) is 23.6 Å². The molecule has 2 aromatic rings. The van der Waals surface area contributed by atoms with Gasteiger partial charge in [0.2, 0.25) is 0 Å². The molecule has 0 saturated carbocycles. The molecule has 1 N–H and O–H groups in total. The van der Waals surface area contributed by atoms with Crippen molar-refractivity contribution in [2.45, 2.75) is 11.3 Å². The Kier molecular flexibility index (Phi) is 4.35. The van der Waals surface area contributed by atoms with E-state index >= 15 is 0 Å². The molecule has 2 aliphatic rings. The van der Waals surface area contributed by atoms with E-state index in [-0.39, 0.29) is 17.5 Å². The van der Waals surface area contributed by atoms with Crippen LogP contribution in [0, 0.1) is 11.7 Å². The summed E-state index contributed by atoms with van der Waals surface area (Å²) in [5.74, 6) is 1.15. The molecule has 0 amide bonds. The van der Waals surface area contributed by atoms with Gasteiger partial charge in [-0.15, -0.1) is 0 Å². The van der Waals surface area contributed by atoms with Crippen molar-refractivity contribution in [3.63, 3.8) is 0 Å². The highest BCUT2D eigenvalue weighted by Crippen LogP contribution is 2.36. The maximum atomic E-state index is 14.3. The summed E-state index contributed by atoms with van der Waals surface area (Å²) in [5, 5.41) is 3.27. The van der Waals surface area contributed by atoms with Crippen LogP contribution < -0.4 is 14.8 Å². The van der Waals surface area contributed by atoms with Crippen LogP contribution in [0.4, 0.5) is 4.39 Å². The minimum atomic E-state index is -1.10. The molecule has 4 nitrogen and oxygen atoms in total. The van der Waals surface area contributed by atoms with Gasteiger partial charge in [0.25, 0.3) is 5.94 Å². The molecule has 4 rings (SSSR count). The van der Waals surface area contributed by atoms with Crippen molar-refractivity contribution in [1.29, 1.82) is 0 Å². The highest BCUT2D eigenvalue weighted by Gasteiger charge is 2.26. The maximum Gasteiger partial charge on any atom is 0.250 e. The van der Waals surface area contributed by atoms with Crippen LogP contribution in [-0.4, -0.2) is 30.2 Å². The third kappa shape index (κ3) is 3.09. The molecule has 0 aliphatic carbocycles. The number of benzene rings is 2. The van der Waals surface area contributed by atoms with Crippen molar-refractivity contribution in [3.8, 4) is 22.6 Å². The van der Waals surface area contributed by atoms with E-state index in [4.69, 9.17) is 9.47 Å². The second-order valence-electron chi connectivity index (χ2n) is 6.08. The van der Waals surface area contributed by atoms with E-state index in [0.717, 1.165) is 30.6 Å². The summed E-state index contributed by atoms with van der Waals surface area (Å²) < 4.78 is 37.0. The van der Waals surface area contributed by atoms with E-state index in [0.29, 0.717) is 23.2 Å². The Morgan fingerprint density at radius 2 is 2.08 bits per heavy atom. The van der Waals surface area contributed by atoms with Gasteiger partial charge in [-0.2, -0.15) is 0 Å². The van der Waals surface area contributed by atoms with Crippen LogP contribution in [0.2, 0.25) is 0 Å². The molecular formula is C18H18FNO3S. The average Bonchev–Trinajstić information content (AvgIpc) is 3.23. The monoisotopic (exact) mass is 347 g/mol. The molecule has 1 saturated heterocycles. The highest BCUT2D eigenvalue weighted by molar-refractivity contribution is 7.91. The average molecular weight is 347 g/mol. The SMILES string of the molecule is [O-][S+]1COc2cc(-c3ccc(OCC4CCNC4)c(F)c3)ccc21. The van der Waals surface area contributed by atoms with Crippen molar-refractivity contribution in [3.05, 3.63) is 42.2 Å². The first-order valence-electron chi connectivity index (χ1n) is 7.99. The van der Waals surface area contributed by atoms with Gasteiger partial charge in [0.1, 0.15) is 0 Å². The minimum Gasteiger partial charge on any atom is -0.609 e. The third-order valence-electron chi connectivity index (χ3n) is 4.41. The molecule has 2 atom stereocenters. The van der Waals surface area contributed by atoms with Crippen LogP contribution in [0.15, 0.2) is 41.3 Å². The number of fused-ring (bicyclic) bond motifs is 1. The molecule has 0 bridgehead atoms. The van der Waals surface area contributed by atoms with E-state index in [1.54, 1.807) is 18.2 Å². The van der Waals surface area contributed by atoms with Gasteiger partial charge in [-0.05, 0) is 54.4 Å². The minimum absolute atomic E-state index is 0.190. The Morgan fingerprint density at radius 3 is 2.88 bits per heavy atom. The van der Waals surface area contributed by atoms with Crippen LogP contribution in [0.1, 0.15) is 6.42 Å². The summed E-state index contributed by atoms with van der Waals surface area (Å²) in [4.78, 5) is 0.698. The van der Waals surface area contributed by atoms with Gasteiger partial charge in [-0.1, -0.05) is 6.07 Å². The molecular weight excluding hydrogens is 329 g/mol. The Labute approximate surface area is 143 Å². The van der Waals surface area contributed by atoms with E-state index in [1.165, 1.54) is 6.07 Å². The lowest BCUT2D eigenvalue weighted by molar-refractivity contribution is 0.249. The van der Waals surface area contributed by atoms with Gasteiger partial charge in [-0.25, -0.2) is 4.39 Å². The fourth-order valence-electron chi connectivity index (χ4n) is 3.03. The van der Waals surface area contributed by atoms with Gasteiger partial charge in [0.15, 0.2) is 22.2 Å². The predicted octanol–water partition coefficient (Wildman–Crippen LogP) is 2.94. The summed E-state index contributed by atoms with van der Waals surface area (Å²) >= 11 is -1.10. The van der Waals surface area contributed by atoms with Crippen molar-refractivity contribution in [1.82, 2.24) is 5.32 Å². The van der Waals surface area contributed by atoms with Crippen molar-refractivity contribution < 1.29 is 18.4 Å². The standard InChI is InChI=1S/C18H18FNO3S/c19-15-7-13(1-3-16(15)22-10-12-5-6-20-9-12)14-2-4-18-17(8-14)23-11-24(18)21/h1-4,7-8,12,20H,5-6,9-11H2. The van der Waals surface area contributed by atoms with Gasteiger partial charge in [0.05, 0.1) is 6.61 Å². The lowest BCUT2D eigenvalue weighted by atomic mass is 10.0. The predicted molar refractivity (Wildman–Crippen MR) is 90.2 cm³/mol. The van der Waals surface area contributed by atoms with Crippen LogP contribution in [-0.2, 0) is 11.2 Å². The fraction of sp³-hybridized carbons (Fsp3) is 0.333.